The van der Waals surface area contributed by atoms with Crippen molar-refractivity contribution >= 4 is 5.91 Å². The highest BCUT2D eigenvalue weighted by atomic mass is 16.5. The molecule has 0 spiro atoms. The normalized spacial score (nSPS) is 19.1. The molecule has 2 unspecified atom stereocenters. The van der Waals surface area contributed by atoms with Crippen molar-refractivity contribution in [3.05, 3.63) is 23.8 Å². The predicted octanol–water partition coefficient (Wildman–Crippen LogP) is 1.36. The van der Waals surface area contributed by atoms with Crippen LogP contribution < -0.4 is 20.1 Å². The summed E-state index contributed by atoms with van der Waals surface area (Å²) in [5.41, 5.74) is 0.918. The van der Waals surface area contributed by atoms with Gasteiger partial charge >= 0.3 is 0 Å². The fourth-order valence-electron chi connectivity index (χ4n) is 2.70. The van der Waals surface area contributed by atoms with Crippen LogP contribution in [-0.4, -0.2) is 39.3 Å². The van der Waals surface area contributed by atoms with E-state index in [-0.39, 0.29) is 11.9 Å². The highest BCUT2D eigenvalue weighted by Gasteiger charge is 2.22. The highest BCUT2D eigenvalue weighted by Crippen LogP contribution is 2.27. The molecule has 2 atom stereocenters. The van der Waals surface area contributed by atoms with Crippen LogP contribution in [0.2, 0.25) is 0 Å². The molecule has 0 bridgehead atoms. The van der Waals surface area contributed by atoms with Gasteiger partial charge in [0.05, 0.1) is 20.6 Å². The first kappa shape index (κ1) is 15.6. The van der Waals surface area contributed by atoms with E-state index in [1.54, 1.807) is 14.2 Å². The Kier molecular flexibility index (Phi) is 5.44. The van der Waals surface area contributed by atoms with Gasteiger partial charge in [-0.05, 0) is 50.0 Å². The molecule has 1 aromatic rings. The first-order valence-corrected chi connectivity index (χ1v) is 7.35. The van der Waals surface area contributed by atoms with Crippen LogP contribution in [-0.2, 0) is 11.2 Å². The molecular weight excluding hydrogens is 268 g/mol. The van der Waals surface area contributed by atoms with Gasteiger partial charge < -0.3 is 20.1 Å². The average Bonchev–Trinajstić information content (AvgIpc) is 3.01. The van der Waals surface area contributed by atoms with Crippen LogP contribution in [0.3, 0.4) is 0 Å². The van der Waals surface area contributed by atoms with E-state index in [0.29, 0.717) is 23.8 Å². The minimum absolute atomic E-state index is 0.0432. The topological polar surface area (TPSA) is 59.6 Å². The average molecular weight is 292 g/mol. The number of rotatable bonds is 6. The second-order valence-corrected chi connectivity index (χ2v) is 5.48. The van der Waals surface area contributed by atoms with Crippen LogP contribution in [0.25, 0.3) is 0 Å². The number of hydrogen-bond donors (Lipinski definition) is 2. The van der Waals surface area contributed by atoms with Crippen molar-refractivity contribution in [2.45, 2.75) is 25.8 Å². The summed E-state index contributed by atoms with van der Waals surface area (Å²) in [5.74, 6) is 1.89. The number of carbonyl (C=O) groups is 1. The molecule has 116 valence electrons. The summed E-state index contributed by atoms with van der Waals surface area (Å²) in [6.45, 7) is 4.10. The molecule has 0 saturated carbocycles. The van der Waals surface area contributed by atoms with Gasteiger partial charge in [-0.15, -0.1) is 0 Å². The lowest BCUT2D eigenvalue weighted by molar-refractivity contribution is -0.121. The third-order valence-corrected chi connectivity index (χ3v) is 4.01. The zero-order valence-electron chi connectivity index (χ0n) is 12.9. The summed E-state index contributed by atoms with van der Waals surface area (Å²) in [5, 5.41) is 6.41. The maximum absolute atomic E-state index is 12.1. The van der Waals surface area contributed by atoms with Crippen LogP contribution >= 0.6 is 0 Å². The molecule has 1 fully saturated rings. The maximum Gasteiger partial charge on any atom is 0.224 e. The van der Waals surface area contributed by atoms with Gasteiger partial charge in [-0.2, -0.15) is 0 Å². The molecule has 0 aromatic heterocycles. The van der Waals surface area contributed by atoms with Crippen LogP contribution in [0.5, 0.6) is 11.5 Å². The molecule has 0 aliphatic carbocycles. The van der Waals surface area contributed by atoms with Crippen molar-refractivity contribution < 1.29 is 14.3 Å². The molecule has 2 N–H and O–H groups in total. The van der Waals surface area contributed by atoms with Gasteiger partial charge in [-0.25, -0.2) is 0 Å². The molecule has 1 amide bonds. The summed E-state index contributed by atoms with van der Waals surface area (Å²) in [4.78, 5) is 12.1. The maximum atomic E-state index is 12.1. The fraction of sp³-hybridized carbons (Fsp3) is 0.562. The number of amides is 1. The van der Waals surface area contributed by atoms with E-state index in [1.165, 1.54) is 0 Å². The van der Waals surface area contributed by atoms with E-state index < -0.39 is 0 Å². The van der Waals surface area contributed by atoms with Gasteiger partial charge in [-0.3, -0.25) is 4.79 Å². The highest BCUT2D eigenvalue weighted by molar-refractivity contribution is 5.79. The monoisotopic (exact) mass is 292 g/mol. The minimum atomic E-state index is 0.0432. The largest absolute Gasteiger partial charge is 0.493 e. The first-order chi connectivity index (χ1) is 10.1. The van der Waals surface area contributed by atoms with Crippen molar-refractivity contribution in [3.63, 3.8) is 0 Å². The predicted molar refractivity (Wildman–Crippen MR) is 81.8 cm³/mol. The lowest BCUT2D eigenvalue weighted by atomic mass is 10.0. The molecule has 21 heavy (non-hydrogen) atoms. The molecule has 1 aromatic carbocycles. The number of hydrogen-bond acceptors (Lipinski definition) is 4. The Morgan fingerprint density at radius 2 is 2.14 bits per heavy atom. The Balaban J connectivity index is 1.92. The van der Waals surface area contributed by atoms with E-state index in [2.05, 4.69) is 17.6 Å². The number of methoxy groups -OCH3 is 2. The summed E-state index contributed by atoms with van der Waals surface area (Å²) in [7, 11) is 3.19. The van der Waals surface area contributed by atoms with Crippen molar-refractivity contribution in [1.29, 1.82) is 0 Å². The molecule has 1 aliphatic rings. The molecule has 1 heterocycles. The quantitative estimate of drug-likeness (QED) is 0.831. The van der Waals surface area contributed by atoms with Gasteiger partial charge in [0.2, 0.25) is 5.91 Å². The van der Waals surface area contributed by atoms with E-state index in [9.17, 15) is 4.79 Å². The Morgan fingerprint density at radius 3 is 2.76 bits per heavy atom. The number of nitrogens with one attached hydrogen (secondary N) is 2. The van der Waals surface area contributed by atoms with Crippen LogP contribution in [0.1, 0.15) is 18.9 Å². The third kappa shape index (κ3) is 4.11. The van der Waals surface area contributed by atoms with Crippen LogP contribution in [0, 0.1) is 5.92 Å². The van der Waals surface area contributed by atoms with Gasteiger partial charge in [0, 0.05) is 6.04 Å². The van der Waals surface area contributed by atoms with Gasteiger partial charge in [-0.1, -0.05) is 6.07 Å². The summed E-state index contributed by atoms with van der Waals surface area (Å²) in [6, 6.07) is 5.77. The van der Waals surface area contributed by atoms with Crippen LogP contribution in [0.4, 0.5) is 0 Å². The van der Waals surface area contributed by atoms with Crippen LogP contribution in [0.15, 0.2) is 18.2 Å². The standard InChI is InChI=1S/C16H24N2O3/c1-11(13-6-7-17-10-13)18-16(19)9-12-4-5-14(20-2)15(8-12)21-3/h4-5,8,11,13,17H,6-7,9-10H2,1-3H3,(H,18,19). The summed E-state index contributed by atoms with van der Waals surface area (Å²) in [6.07, 6.45) is 1.47. The van der Waals surface area contributed by atoms with Crippen molar-refractivity contribution in [3.8, 4) is 11.5 Å². The van der Waals surface area contributed by atoms with E-state index in [4.69, 9.17) is 9.47 Å². The zero-order valence-corrected chi connectivity index (χ0v) is 12.9. The summed E-state index contributed by atoms with van der Waals surface area (Å²) >= 11 is 0. The number of benzene rings is 1. The first-order valence-electron chi connectivity index (χ1n) is 7.35. The van der Waals surface area contributed by atoms with Crippen molar-refractivity contribution in [2.75, 3.05) is 27.3 Å². The second-order valence-electron chi connectivity index (χ2n) is 5.48. The minimum Gasteiger partial charge on any atom is -0.493 e. The smallest absolute Gasteiger partial charge is 0.224 e. The molecule has 0 radical (unpaired) electrons. The van der Waals surface area contributed by atoms with E-state index in [0.717, 1.165) is 25.1 Å². The Labute approximate surface area is 126 Å². The third-order valence-electron chi connectivity index (χ3n) is 4.01. The second kappa shape index (κ2) is 7.31. The van der Waals surface area contributed by atoms with E-state index >= 15 is 0 Å². The lowest BCUT2D eigenvalue weighted by Gasteiger charge is -2.20. The summed E-state index contributed by atoms with van der Waals surface area (Å²) < 4.78 is 10.5. The molecule has 1 aliphatic heterocycles. The fourth-order valence-corrected chi connectivity index (χ4v) is 2.70. The van der Waals surface area contributed by atoms with Gasteiger partial charge in [0.1, 0.15) is 0 Å². The molecule has 5 nitrogen and oxygen atoms in total. The molecule has 2 rings (SSSR count). The number of ether oxygens (including phenoxy) is 2. The van der Waals surface area contributed by atoms with E-state index in [1.807, 2.05) is 18.2 Å². The Morgan fingerprint density at radius 1 is 1.38 bits per heavy atom. The zero-order chi connectivity index (χ0) is 15.2. The Bertz CT molecular complexity index is 484. The van der Waals surface area contributed by atoms with Crippen molar-refractivity contribution in [1.82, 2.24) is 10.6 Å². The SMILES string of the molecule is COc1ccc(CC(=O)NC(C)C2CCNC2)cc1OC. The molecule has 5 heteroatoms. The van der Waals surface area contributed by atoms with Gasteiger partial charge in [0.15, 0.2) is 11.5 Å². The lowest BCUT2D eigenvalue weighted by Crippen LogP contribution is -2.39. The molecular formula is C16H24N2O3. The van der Waals surface area contributed by atoms with Gasteiger partial charge in [0.25, 0.3) is 0 Å². The van der Waals surface area contributed by atoms with Crippen molar-refractivity contribution in [2.24, 2.45) is 5.92 Å². The number of carbonyl (C=O) groups excluding carboxylic acids is 1. The molecule has 1 saturated heterocycles. The Hall–Kier alpha value is -1.75.